The number of rotatable bonds is 5. The van der Waals surface area contributed by atoms with Crippen molar-refractivity contribution in [2.45, 2.75) is 32.9 Å². The minimum Gasteiger partial charge on any atom is -0.308 e. The number of pyridine rings is 1. The average molecular weight is 323 g/mol. The highest BCUT2D eigenvalue weighted by Crippen LogP contribution is 2.28. The molecule has 0 bridgehead atoms. The third kappa shape index (κ3) is 3.04. The van der Waals surface area contributed by atoms with Crippen molar-refractivity contribution in [1.82, 2.24) is 20.1 Å². The molecule has 4 nitrogen and oxygen atoms in total. The van der Waals surface area contributed by atoms with Gasteiger partial charge in [-0.2, -0.15) is 5.10 Å². The van der Waals surface area contributed by atoms with Crippen LogP contribution in [0.25, 0.3) is 0 Å². The molecule has 1 N–H and O–H groups in total. The predicted octanol–water partition coefficient (Wildman–Crippen LogP) is 3.07. The van der Waals surface area contributed by atoms with Gasteiger partial charge in [-0.3, -0.25) is 9.67 Å². The quantitative estimate of drug-likeness (QED) is 0.919. The largest absolute Gasteiger partial charge is 0.308 e. The van der Waals surface area contributed by atoms with Crippen molar-refractivity contribution in [3.63, 3.8) is 0 Å². The van der Waals surface area contributed by atoms with E-state index in [1.54, 1.807) is 0 Å². The van der Waals surface area contributed by atoms with E-state index in [1.807, 2.05) is 32.4 Å². The maximum atomic E-state index is 4.44. The lowest BCUT2D eigenvalue weighted by molar-refractivity contribution is 0.533. The molecule has 0 radical (unpaired) electrons. The summed E-state index contributed by atoms with van der Waals surface area (Å²) >= 11 is 3.61. The zero-order valence-electron chi connectivity index (χ0n) is 11.5. The van der Waals surface area contributed by atoms with Crippen molar-refractivity contribution in [3.05, 3.63) is 46.0 Å². The van der Waals surface area contributed by atoms with Crippen LogP contribution in [0.3, 0.4) is 0 Å². The summed E-state index contributed by atoms with van der Waals surface area (Å²) in [4.78, 5) is 4.26. The van der Waals surface area contributed by atoms with E-state index in [0.717, 1.165) is 28.8 Å². The Morgan fingerprint density at radius 3 is 2.89 bits per heavy atom. The molecule has 2 aromatic rings. The van der Waals surface area contributed by atoms with Gasteiger partial charge in [0.15, 0.2) is 0 Å². The van der Waals surface area contributed by atoms with E-state index < -0.39 is 0 Å². The van der Waals surface area contributed by atoms with Crippen LogP contribution >= 0.6 is 15.9 Å². The second kappa shape index (κ2) is 6.30. The summed E-state index contributed by atoms with van der Waals surface area (Å²) in [7, 11) is 1.97. The van der Waals surface area contributed by atoms with Gasteiger partial charge in [0.05, 0.1) is 22.4 Å². The van der Waals surface area contributed by atoms with Crippen LogP contribution in [-0.4, -0.2) is 21.8 Å². The molecule has 2 rings (SSSR count). The van der Waals surface area contributed by atoms with Gasteiger partial charge in [-0.05, 0) is 54.0 Å². The highest BCUT2D eigenvalue weighted by Gasteiger charge is 2.20. The Labute approximate surface area is 122 Å². The monoisotopic (exact) mass is 322 g/mol. The van der Waals surface area contributed by atoms with Crippen LogP contribution in [0.2, 0.25) is 0 Å². The zero-order chi connectivity index (χ0) is 13.8. The smallest absolute Gasteiger partial charge is 0.0758 e. The lowest BCUT2D eigenvalue weighted by atomic mass is 10.0. The standard InChI is InChI=1S/C14H19BrN4/c1-4-7-19-14(12(15)9-18-19)13(16-3)11-5-6-17-10(2)8-11/h5-6,8-9,13,16H,4,7H2,1-3H3. The molecule has 2 heterocycles. The molecule has 0 saturated heterocycles. The Morgan fingerprint density at radius 1 is 1.47 bits per heavy atom. The summed E-state index contributed by atoms with van der Waals surface area (Å²) < 4.78 is 3.09. The molecular formula is C14H19BrN4. The van der Waals surface area contributed by atoms with Gasteiger partial charge < -0.3 is 5.32 Å². The van der Waals surface area contributed by atoms with Gasteiger partial charge in [-0.1, -0.05) is 6.92 Å². The van der Waals surface area contributed by atoms with Crippen LogP contribution in [0.15, 0.2) is 29.0 Å². The molecule has 0 saturated carbocycles. The van der Waals surface area contributed by atoms with Gasteiger partial charge in [0.25, 0.3) is 0 Å². The number of nitrogens with one attached hydrogen (secondary N) is 1. The molecule has 0 fully saturated rings. The molecule has 102 valence electrons. The summed E-state index contributed by atoms with van der Waals surface area (Å²) in [6.07, 6.45) is 4.78. The van der Waals surface area contributed by atoms with Crippen molar-refractivity contribution in [1.29, 1.82) is 0 Å². The SMILES string of the molecule is CCCn1ncc(Br)c1C(NC)c1ccnc(C)c1. The van der Waals surface area contributed by atoms with Gasteiger partial charge in [-0.15, -0.1) is 0 Å². The Bertz CT molecular complexity index is 550. The number of halogens is 1. The van der Waals surface area contributed by atoms with Crippen LogP contribution in [0.4, 0.5) is 0 Å². The minimum absolute atomic E-state index is 0.116. The Balaban J connectivity index is 2.44. The van der Waals surface area contributed by atoms with E-state index in [0.29, 0.717) is 0 Å². The first-order valence-corrected chi connectivity index (χ1v) is 7.27. The van der Waals surface area contributed by atoms with Crippen molar-refractivity contribution in [2.24, 2.45) is 0 Å². The van der Waals surface area contributed by atoms with Crippen LogP contribution in [0.1, 0.15) is 36.3 Å². The van der Waals surface area contributed by atoms with Gasteiger partial charge in [0.1, 0.15) is 0 Å². The van der Waals surface area contributed by atoms with Crippen LogP contribution in [0, 0.1) is 6.92 Å². The molecule has 0 amide bonds. The second-order valence-electron chi connectivity index (χ2n) is 4.55. The Hall–Kier alpha value is -1.20. The van der Waals surface area contributed by atoms with Crippen LogP contribution in [-0.2, 0) is 6.54 Å². The van der Waals surface area contributed by atoms with E-state index in [1.165, 1.54) is 5.56 Å². The maximum Gasteiger partial charge on any atom is 0.0758 e. The van der Waals surface area contributed by atoms with E-state index in [4.69, 9.17) is 0 Å². The lowest BCUT2D eigenvalue weighted by Gasteiger charge is -2.19. The molecule has 19 heavy (non-hydrogen) atoms. The molecule has 5 heteroatoms. The van der Waals surface area contributed by atoms with Crippen LogP contribution in [0.5, 0.6) is 0 Å². The Morgan fingerprint density at radius 2 is 2.26 bits per heavy atom. The van der Waals surface area contributed by atoms with E-state index in [9.17, 15) is 0 Å². The summed E-state index contributed by atoms with van der Waals surface area (Å²) in [5.41, 5.74) is 3.39. The molecule has 1 unspecified atom stereocenters. The number of nitrogens with zero attached hydrogens (tertiary/aromatic N) is 3. The average Bonchev–Trinajstić information content (AvgIpc) is 2.74. The van der Waals surface area contributed by atoms with E-state index in [2.05, 4.69) is 49.0 Å². The predicted molar refractivity (Wildman–Crippen MR) is 80.1 cm³/mol. The summed E-state index contributed by atoms with van der Waals surface area (Å²) in [5.74, 6) is 0. The summed E-state index contributed by atoms with van der Waals surface area (Å²) in [6, 6.07) is 4.27. The van der Waals surface area contributed by atoms with Crippen molar-refractivity contribution < 1.29 is 0 Å². The third-order valence-corrected chi connectivity index (χ3v) is 3.70. The number of aromatic nitrogens is 3. The van der Waals surface area contributed by atoms with Crippen molar-refractivity contribution in [3.8, 4) is 0 Å². The highest BCUT2D eigenvalue weighted by molar-refractivity contribution is 9.10. The molecule has 0 aliphatic heterocycles. The number of aryl methyl sites for hydroxylation is 2. The third-order valence-electron chi connectivity index (χ3n) is 3.08. The van der Waals surface area contributed by atoms with Gasteiger partial charge in [0.2, 0.25) is 0 Å². The molecule has 0 aliphatic carbocycles. The van der Waals surface area contributed by atoms with Gasteiger partial charge in [0, 0.05) is 18.4 Å². The highest BCUT2D eigenvalue weighted by atomic mass is 79.9. The first kappa shape index (κ1) is 14.2. The summed E-state index contributed by atoms with van der Waals surface area (Å²) in [5, 5.41) is 7.81. The fourth-order valence-electron chi connectivity index (χ4n) is 2.26. The van der Waals surface area contributed by atoms with Gasteiger partial charge in [-0.25, -0.2) is 0 Å². The number of hydrogen-bond acceptors (Lipinski definition) is 3. The molecular weight excluding hydrogens is 304 g/mol. The molecule has 0 spiro atoms. The molecule has 0 aliphatic rings. The van der Waals surface area contributed by atoms with E-state index in [-0.39, 0.29) is 6.04 Å². The minimum atomic E-state index is 0.116. The molecule has 0 aromatic carbocycles. The fourth-order valence-corrected chi connectivity index (χ4v) is 2.78. The fraction of sp³-hybridized carbons (Fsp3) is 0.429. The van der Waals surface area contributed by atoms with Crippen molar-refractivity contribution >= 4 is 15.9 Å². The topological polar surface area (TPSA) is 42.7 Å². The van der Waals surface area contributed by atoms with Crippen molar-refractivity contribution in [2.75, 3.05) is 7.05 Å². The maximum absolute atomic E-state index is 4.44. The first-order valence-electron chi connectivity index (χ1n) is 6.48. The normalized spacial score (nSPS) is 12.6. The number of hydrogen-bond donors (Lipinski definition) is 1. The van der Waals surface area contributed by atoms with E-state index >= 15 is 0 Å². The second-order valence-corrected chi connectivity index (χ2v) is 5.41. The first-order chi connectivity index (χ1) is 9.17. The zero-order valence-corrected chi connectivity index (χ0v) is 13.1. The molecule has 2 aromatic heterocycles. The summed E-state index contributed by atoms with van der Waals surface area (Å²) in [6.45, 7) is 5.09. The van der Waals surface area contributed by atoms with Crippen LogP contribution < -0.4 is 5.32 Å². The Kier molecular flexibility index (Phi) is 4.71. The van der Waals surface area contributed by atoms with Gasteiger partial charge >= 0.3 is 0 Å². The lowest BCUT2D eigenvalue weighted by Crippen LogP contribution is -2.22. The molecule has 1 atom stereocenters.